The van der Waals surface area contributed by atoms with Gasteiger partial charge in [0.05, 0.1) is 40.3 Å². The molecule has 0 saturated heterocycles. The van der Waals surface area contributed by atoms with Crippen LogP contribution in [0.4, 0.5) is 0 Å². The number of esters is 2. The molecule has 2 unspecified atom stereocenters. The number of carbonyl (C=O) groups is 3. The van der Waals surface area contributed by atoms with E-state index in [9.17, 15) is 19.5 Å². The number of carboxylic acid groups (broad SMARTS) is 1. The first-order valence-corrected chi connectivity index (χ1v) is 27.8. The number of carbonyl (C=O) groups excluding carboxylic acids is 3. The maximum Gasteiger partial charge on any atom is 0.306 e. The van der Waals surface area contributed by atoms with Crippen molar-refractivity contribution in [2.75, 3.05) is 47.5 Å². The van der Waals surface area contributed by atoms with Crippen LogP contribution < -0.4 is 5.11 Å². The highest BCUT2D eigenvalue weighted by molar-refractivity contribution is 5.70. The van der Waals surface area contributed by atoms with Crippen molar-refractivity contribution in [1.82, 2.24) is 0 Å². The summed E-state index contributed by atoms with van der Waals surface area (Å²) >= 11 is 0. The van der Waals surface area contributed by atoms with E-state index in [-0.39, 0.29) is 38.6 Å². The molecule has 0 aromatic heterocycles. The van der Waals surface area contributed by atoms with Gasteiger partial charge in [0.1, 0.15) is 13.2 Å². The van der Waals surface area contributed by atoms with Crippen LogP contribution in [0.2, 0.25) is 0 Å². The van der Waals surface area contributed by atoms with Crippen molar-refractivity contribution in [1.29, 1.82) is 0 Å². The highest BCUT2D eigenvalue weighted by atomic mass is 16.7. The van der Waals surface area contributed by atoms with E-state index in [0.29, 0.717) is 23.9 Å². The van der Waals surface area contributed by atoms with Gasteiger partial charge in [0.25, 0.3) is 0 Å². The number of ether oxygens (including phenoxy) is 4. The number of aliphatic carboxylic acids is 1. The molecular weight excluding hydrogens is 899 g/mol. The largest absolute Gasteiger partial charge is 0.545 e. The third-order valence-electron chi connectivity index (χ3n) is 11.1. The van der Waals surface area contributed by atoms with Gasteiger partial charge in [-0.2, -0.15) is 0 Å². The molecule has 9 heteroatoms. The Hall–Kier alpha value is -4.57. The average molecular weight is 1000 g/mol. The van der Waals surface area contributed by atoms with Gasteiger partial charge in [-0.15, -0.1) is 0 Å². The molecule has 406 valence electrons. The number of hydrogen-bond acceptors (Lipinski definition) is 8. The predicted molar refractivity (Wildman–Crippen MR) is 301 cm³/mol. The Balaban J connectivity index is 4.40. The summed E-state index contributed by atoms with van der Waals surface area (Å²) in [5.74, 6) is -2.37. The number of unbranched alkanes of at least 4 members (excludes halogenated alkanes) is 12. The Morgan fingerprint density at radius 3 is 1.19 bits per heavy atom. The average Bonchev–Trinajstić information content (AvgIpc) is 3.35. The van der Waals surface area contributed by atoms with Gasteiger partial charge in [-0.25, -0.2) is 0 Å². The summed E-state index contributed by atoms with van der Waals surface area (Å²) in [5.41, 5.74) is 0. The molecule has 0 N–H and O–H groups in total. The SMILES string of the molecule is CC/C=C\C/C=C\C/C=C\C/C=C\C/C=C\C/C=C\C/C=C\C/C=C\C/C=C\CCCCCC(=O)OC(COC(=O)CCCCCCC/C=C\C/C=C\CCCCCC)COC(OCC[N+](C)(C)C)C(=O)[O-]. The monoisotopic (exact) mass is 1000 g/mol. The van der Waals surface area contributed by atoms with Crippen LogP contribution in [0.25, 0.3) is 0 Å². The van der Waals surface area contributed by atoms with Crippen molar-refractivity contribution in [2.45, 2.75) is 200 Å². The molecule has 2 atom stereocenters. The number of hydrogen-bond donors (Lipinski definition) is 0. The smallest absolute Gasteiger partial charge is 0.306 e. The lowest BCUT2D eigenvalue weighted by molar-refractivity contribution is -0.870. The molecule has 0 fully saturated rings. The van der Waals surface area contributed by atoms with Gasteiger partial charge in [0.15, 0.2) is 12.4 Å². The number of rotatable bonds is 49. The van der Waals surface area contributed by atoms with Crippen LogP contribution in [0.5, 0.6) is 0 Å². The van der Waals surface area contributed by atoms with Crippen molar-refractivity contribution in [3.8, 4) is 0 Å². The van der Waals surface area contributed by atoms with E-state index in [2.05, 4.69) is 148 Å². The van der Waals surface area contributed by atoms with Gasteiger partial charge in [-0.1, -0.05) is 192 Å². The molecule has 0 rings (SSSR count). The molecular formula is C63H101NO8. The minimum atomic E-state index is -1.64. The van der Waals surface area contributed by atoms with E-state index in [1.54, 1.807) is 0 Å². The Kier molecular flexibility index (Phi) is 49.4. The van der Waals surface area contributed by atoms with E-state index in [1.165, 1.54) is 32.1 Å². The fraction of sp³-hybridized carbons (Fsp3) is 0.603. The van der Waals surface area contributed by atoms with Crippen LogP contribution in [0.1, 0.15) is 187 Å². The second-order valence-electron chi connectivity index (χ2n) is 19.1. The topological polar surface area (TPSA) is 111 Å². The molecule has 0 radical (unpaired) electrons. The van der Waals surface area contributed by atoms with E-state index < -0.39 is 24.3 Å². The first kappa shape index (κ1) is 67.4. The number of carboxylic acids is 1. The van der Waals surface area contributed by atoms with E-state index in [0.717, 1.165) is 116 Å². The molecule has 0 bridgehead atoms. The lowest BCUT2D eigenvalue weighted by atomic mass is 10.1. The van der Waals surface area contributed by atoms with Crippen molar-refractivity contribution in [2.24, 2.45) is 0 Å². The van der Waals surface area contributed by atoms with E-state index in [4.69, 9.17) is 18.9 Å². The number of quaternary nitrogens is 1. The van der Waals surface area contributed by atoms with Crippen molar-refractivity contribution in [3.63, 3.8) is 0 Å². The van der Waals surface area contributed by atoms with Crippen molar-refractivity contribution >= 4 is 17.9 Å². The zero-order valence-corrected chi connectivity index (χ0v) is 46.0. The van der Waals surface area contributed by atoms with Crippen LogP contribution in [-0.2, 0) is 33.3 Å². The molecule has 0 aliphatic heterocycles. The molecule has 0 aromatic rings. The summed E-state index contributed by atoms with van der Waals surface area (Å²) in [7, 11) is 5.89. The van der Waals surface area contributed by atoms with Gasteiger partial charge in [0, 0.05) is 12.8 Å². The van der Waals surface area contributed by atoms with Crippen LogP contribution in [0.3, 0.4) is 0 Å². The van der Waals surface area contributed by atoms with Gasteiger partial charge >= 0.3 is 11.9 Å². The first-order chi connectivity index (χ1) is 35.1. The lowest BCUT2D eigenvalue weighted by Gasteiger charge is -2.26. The molecule has 0 saturated carbocycles. The number of nitrogens with zero attached hydrogens (tertiary/aromatic N) is 1. The molecule has 0 heterocycles. The maximum atomic E-state index is 12.8. The normalized spacial score (nSPS) is 13.8. The Labute approximate surface area is 439 Å². The van der Waals surface area contributed by atoms with Crippen LogP contribution >= 0.6 is 0 Å². The number of allylic oxidation sites excluding steroid dienone is 22. The van der Waals surface area contributed by atoms with Gasteiger partial charge < -0.3 is 33.3 Å². The highest BCUT2D eigenvalue weighted by Crippen LogP contribution is 2.12. The molecule has 0 spiro atoms. The summed E-state index contributed by atoms with van der Waals surface area (Å²) in [4.78, 5) is 37.2. The van der Waals surface area contributed by atoms with Gasteiger partial charge in [0.2, 0.25) is 0 Å². The second-order valence-corrected chi connectivity index (χ2v) is 19.1. The highest BCUT2D eigenvalue weighted by Gasteiger charge is 2.21. The van der Waals surface area contributed by atoms with Crippen molar-refractivity contribution < 1.29 is 42.9 Å². The summed E-state index contributed by atoms with van der Waals surface area (Å²) in [6.45, 7) is 4.53. The zero-order chi connectivity index (χ0) is 52.7. The van der Waals surface area contributed by atoms with Crippen LogP contribution in [0.15, 0.2) is 134 Å². The fourth-order valence-electron chi connectivity index (χ4n) is 6.85. The predicted octanol–water partition coefficient (Wildman–Crippen LogP) is 14.9. The maximum absolute atomic E-state index is 12.8. The van der Waals surface area contributed by atoms with Gasteiger partial charge in [-0.3, -0.25) is 9.59 Å². The molecule has 0 aliphatic rings. The lowest BCUT2D eigenvalue weighted by Crippen LogP contribution is -2.44. The Morgan fingerprint density at radius 1 is 0.431 bits per heavy atom. The molecule has 9 nitrogen and oxygen atoms in total. The minimum absolute atomic E-state index is 0.130. The van der Waals surface area contributed by atoms with E-state index >= 15 is 0 Å². The summed E-state index contributed by atoms with van der Waals surface area (Å²) < 4.78 is 22.6. The fourth-order valence-corrected chi connectivity index (χ4v) is 6.85. The minimum Gasteiger partial charge on any atom is -0.545 e. The van der Waals surface area contributed by atoms with Gasteiger partial charge in [-0.05, 0) is 116 Å². The summed E-state index contributed by atoms with van der Waals surface area (Å²) in [6.07, 6.45) is 72.1. The summed E-state index contributed by atoms with van der Waals surface area (Å²) in [6, 6.07) is 0. The van der Waals surface area contributed by atoms with Crippen LogP contribution in [-0.4, -0.2) is 82.3 Å². The molecule has 72 heavy (non-hydrogen) atoms. The summed E-state index contributed by atoms with van der Waals surface area (Å²) in [5, 5.41) is 11.8. The third kappa shape index (κ3) is 53.2. The molecule has 0 amide bonds. The Bertz CT molecular complexity index is 1640. The quantitative estimate of drug-likeness (QED) is 0.0195. The Morgan fingerprint density at radius 2 is 0.792 bits per heavy atom. The number of likely N-dealkylation sites (N-methyl/N-ethyl adjacent to an activating group) is 1. The van der Waals surface area contributed by atoms with Crippen LogP contribution in [0, 0.1) is 0 Å². The zero-order valence-electron chi connectivity index (χ0n) is 46.0. The second kappa shape index (κ2) is 52.7. The molecule has 0 aliphatic carbocycles. The molecule has 0 aromatic carbocycles. The first-order valence-electron chi connectivity index (χ1n) is 27.8. The standard InChI is InChI=1S/C63H101NO8/c1-6-8-10-12-14-16-18-20-22-24-25-26-27-28-29-30-31-32-33-34-35-36-37-38-40-42-44-46-48-50-52-54-61(66)72-59(58-71-63(62(67)68)69-56-55-64(3,4)5)57-70-60(65)53-51-49-47-45-43-41-39-23-21-19-17-15-13-11-9-7-2/h8,10,14,16-17,19-20,22-23,25-26,28-29,31-32,34-35,37-39,42,44,59,63H,6-7,9,11-13,15,18,21,24,27,30,33,36,40-41,43,45-58H2,1-5H3/b10-8-,16-14-,19-17-,22-20-,26-25-,29-28-,32-31-,35-34-,38-37-,39-23-,44-42-. The van der Waals surface area contributed by atoms with Crippen molar-refractivity contribution in [3.05, 3.63) is 134 Å². The van der Waals surface area contributed by atoms with E-state index in [1.807, 2.05) is 21.1 Å². The third-order valence-corrected chi connectivity index (χ3v) is 11.1.